The third-order valence-corrected chi connectivity index (χ3v) is 2.81. The van der Waals surface area contributed by atoms with Crippen LogP contribution in [0.4, 0.5) is 5.95 Å². The molecule has 0 unspecified atom stereocenters. The van der Waals surface area contributed by atoms with Gasteiger partial charge in [0.05, 0.1) is 0 Å². The first-order valence-electron chi connectivity index (χ1n) is 4.67. The number of rotatable bonds is 5. The van der Waals surface area contributed by atoms with Crippen LogP contribution in [0.25, 0.3) is 0 Å². The lowest BCUT2D eigenvalue weighted by molar-refractivity contribution is 0.745. The Labute approximate surface area is 82.9 Å². The fourth-order valence-electron chi connectivity index (χ4n) is 1.36. The maximum Gasteiger partial charge on any atom is 0.203 e. The van der Waals surface area contributed by atoms with Gasteiger partial charge in [0.15, 0.2) is 0 Å². The predicted octanol–water partition coefficient (Wildman–Crippen LogP) is 1.99. The summed E-state index contributed by atoms with van der Waals surface area (Å²) in [6, 6.07) is 0.722. The number of aromatic nitrogens is 2. The summed E-state index contributed by atoms with van der Waals surface area (Å²) in [6.07, 6.45) is 8.69. The molecule has 0 spiro atoms. The summed E-state index contributed by atoms with van der Waals surface area (Å²) in [6.45, 7) is 1.00. The van der Waals surface area contributed by atoms with Crippen LogP contribution >= 0.6 is 11.8 Å². The fourth-order valence-corrected chi connectivity index (χ4v) is 1.67. The van der Waals surface area contributed by atoms with E-state index in [-0.39, 0.29) is 0 Å². The average molecular weight is 197 g/mol. The first-order chi connectivity index (χ1) is 6.42. The number of anilines is 1. The molecule has 0 bridgehead atoms. The molecular formula is C9H15N3S. The van der Waals surface area contributed by atoms with Crippen molar-refractivity contribution in [2.45, 2.75) is 18.9 Å². The fraction of sp³-hybridized carbons (Fsp3) is 0.667. The molecule has 1 fully saturated rings. The molecule has 72 valence electrons. The van der Waals surface area contributed by atoms with Gasteiger partial charge in [-0.3, -0.25) is 0 Å². The lowest BCUT2D eigenvalue weighted by atomic mass is 10.6. The van der Waals surface area contributed by atoms with Crippen LogP contribution in [0.5, 0.6) is 0 Å². The maximum atomic E-state index is 4.29. The zero-order valence-corrected chi connectivity index (χ0v) is 8.68. The molecule has 1 saturated carbocycles. The first-order valence-corrected chi connectivity index (χ1v) is 6.07. The lowest BCUT2D eigenvalue weighted by Gasteiger charge is -2.07. The second kappa shape index (κ2) is 4.05. The maximum absolute atomic E-state index is 4.29. The van der Waals surface area contributed by atoms with Crippen molar-refractivity contribution in [2.75, 3.05) is 23.9 Å². The van der Waals surface area contributed by atoms with Crippen LogP contribution in [0.3, 0.4) is 0 Å². The van der Waals surface area contributed by atoms with Crippen molar-refractivity contribution >= 4 is 17.7 Å². The van der Waals surface area contributed by atoms with Crippen LogP contribution in [0.15, 0.2) is 12.4 Å². The van der Waals surface area contributed by atoms with E-state index in [9.17, 15) is 0 Å². The highest BCUT2D eigenvalue weighted by Crippen LogP contribution is 2.36. The molecule has 0 aliphatic heterocycles. The number of thioether (sulfide) groups is 1. The number of nitrogens with zero attached hydrogens (tertiary/aromatic N) is 2. The van der Waals surface area contributed by atoms with Crippen molar-refractivity contribution in [3.63, 3.8) is 0 Å². The van der Waals surface area contributed by atoms with Crippen LogP contribution < -0.4 is 5.32 Å². The van der Waals surface area contributed by atoms with Crippen LogP contribution in [-0.2, 0) is 0 Å². The Kier molecular flexibility index (Phi) is 2.78. The van der Waals surface area contributed by atoms with Gasteiger partial charge in [0.2, 0.25) is 5.95 Å². The van der Waals surface area contributed by atoms with E-state index in [1.54, 1.807) is 0 Å². The van der Waals surface area contributed by atoms with E-state index < -0.39 is 0 Å². The van der Waals surface area contributed by atoms with E-state index in [4.69, 9.17) is 0 Å². The minimum Gasteiger partial charge on any atom is -0.355 e. The minimum atomic E-state index is 0.722. The Morgan fingerprint density at radius 2 is 2.54 bits per heavy atom. The van der Waals surface area contributed by atoms with E-state index in [1.165, 1.54) is 12.8 Å². The van der Waals surface area contributed by atoms with E-state index in [0.717, 1.165) is 24.3 Å². The van der Waals surface area contributed by atoms with Gasteiger partial charge in [-0.2, -0.15) is 11.8 Å². The topological polar surface area (TPSA) is 29.9 Å². The quantitative estimate of drug-likeness (QED) is 0.732. The molecule has 2 rings (SSSR count). The highest BCUT2D eigenvalue weighted by atomic mass is 32.2. The Bertz CT molecular complexity index is 268. The minimum absolute atomic E-state index is 0.722. The Hall–Kier alpha value is -0.640. The Balaban J connectivity index is 1.90. The van der Waals surface area contributed by atoms with Gasteiger partial charge in [-0.05, 0) is 19.1 Å². The molecule has 0 amide bonds. The van der Waals surface area contributed by atoms with Crippen LogP contribution in [0.1, 0.15) is 18.9 Å². The summed E-state index contributed by atoms with van der Waals surface area (Å²) in [5.41, 5.74) is 0. The molecule has 0 aromatic carbocycles. The molecular weight excluding hydrogens is 182 g/mol. The molecule has 13 heavy (non-hydrogen) atoms. The predicted molar refractivity (Wildman–Crippen MR) is 57.4 cm³/mol. The summed E-state index contributed by atoms with van der Waals surface area (Å²) in [5.74, 6) is 2.17. The van der Waals surface area contributed by atoms with Gasteiger partial charge in [-0.15, -0.1) is 0 Å². The summed E-state index contributed by atoms with van der Waals surface area (Å²) in [5, 5.41) is 3.35. The van der Waals surface area contributed by atoms with Crippen molar-refractivity contribution in [3.05, 3.63) is 12.4 Å². The summed E-state index contributed by atoms with van der Waals surface area (Å²) in [4.78, 5) is 4.29. The second-order valence-corrected chi connectivity index (χ2v) is 4.29. The van der Waals surface area contributed by atoms with Crippen LogP contribution in [-0.4, -0.2) is 28.1 Å². The molecule has 1 aliphatic rings. The molecule has 1 aliphatic carbocycles. The van der Waals surface area contributed by atoms with Gasteiger partial charge in [0.25, 0.3) is 0 Å². The summed E-state index contributed by atoms with van der Waals surface area (Å²) in [7, 11) is 0. The number of hydrogen-bond acceptors (Lipinski definition) is 3. The normalized spacial score (nSPS) is 16.1. The van der Waals surface area contributed by atoms with Crippen molar-refractivity contribution < 1.29 is 0 Å². The standard InChI is InChI=1S/C9H15N3S/c1-13-7-5-11-9-10-4-6-12(9)8-2-3-8/h4,6,8H,2-3,5,7H2,1H3,(H,10,11). The van der Waals surface area contributed by atoms with Crippen molar-refractivity contribution in [3.8, 4) is 0 Å². The van der Waals surface area contributed by atoms with Gasteiger partial charge >= 0.3 is 0 Å². The number of hydrogen-bond donors (Lipinski definition) is 1. The number of imidazole rings is 1. The van der Waals surface area contributed by atoms with E-state index in [1.807, 2.05) is 18.0 Å². The summed E-state index contributed by atoms with van der Waals surface area (Å²) >= 11 is 1.85. The third kappa shape index (κ3) is 2.18. The van der Waals surface area contributed by atoms with Crippen molar-refractivity contribution in [1.29, 1.82) is 0 Å². The molecule has 1 heterocycles. The smallest absolute Gasteiger partial charge is 0.203 e. The Morgan fingerprint density at radius 3 is 3.23 bits per heavy atom. The van der Waals surface area contributed by atoms with E-state index in [0.29, 0.717) is 0 Å². The average Bonchev–Trinajstić information content (AvgIpc) is 2.88. The van der Waals surface area contributed by atoms with Crippen LogP contribution in [0.2, 0.25) is 0 Å². The summed E-state index contributed by atoms with van der Waals surface area (Å²) < 4.78 is 2.25. The zero-order chi connectivity index (χ0) is 9.10. The largest absolute Gasteiger partial charge is 0.355 e. The highest BCUT2D eigenvalue weighted by molar-refractivity contribution is 7.98. The molecule has 1 N–H and O–H groups in total. The van der Waals surface area contributed by atoms with Gasteiger partial charge in [0.1, 0.15) is 0 Å². The molecule has 4 heteroatoms. The second-order valence-electron chi connectivity index (χ2n) is 3.31. The van der Waals surface area contributed by atoms with Crippen LogP contribution in [0, 0.1) is 0 Å². The molecule has 3 nitrogen and oxygen atoms in total. The molecule has 0 radical (unpaired) electrons. The van der Waals surface area contributed by atoms with Gasteiger partial charge < -0.3 is 9.88 Å². The third-order valence-electron chi connectivity index (χ3n) is 2.20. The molecule has 1 aromatic rings. The van der Waals surface area contributed by atoms with Gasteiger partial charge in [-0.1, -0.05) is 0 Å². The molecule has 0 atom stereocenters. The number of nitrogens with one attached hydrogen (secondary N) is 1. The zero-order valence-electron chi connectivity index (χ0n) is 7.86. The van der Waals surface area contributed by atoms with E-state index >= 15 is 0 Å². The van der Waals surface area contributed by atoms with Gasteiger partial charge in [-0.25, -0.2) is 4.98 Å². The Morgan fingerprint density at radius 1 is 1.69 bits per heavy atom. The monoisotopic (exact) mass is 197 g/mol. The molecule has 0 saturated heterocycles. The SMILES string of the molecule is CSCCNc1nccn1C1CC1. The first kappa shape index (κ1) is 8.94. The van der Waals surface area contributed by atoms with Crippen molar-refractivity contribution in [2.24, 2.45) is 0 Å². The van der Waals surface area contributed by atoms with Gasteiger partial charge in [0, 0.05) is 30.7 Å². The molecule has 1 aromatic heterocycles. The highest BCUT2D eigenvalue weighted by Gasteiger charge is 2.25. The van der Waals surface area contributed by atoms with Crippen molar-refractivity contribution in [1.82, 2.24) is 9.55 Å². The lowest BCUT2D eigenvalue weighted by Crippen LogP contribution is -2.09. The van der Waals surface area contributed by atoms with E-state index in [2.05, 4.69) is 27.3 Å².